The average molecular weight is 312 g/mol. The van der Waals surface area contributed by atoms with Crippen LogP contribution in [-0.4, -0.2) is 34.8 Å². The van der Waals surface area contributed by atoms with E-state index in [9.17, 15) is 4.79 Å². The van der Waals surface area contributed by atoms with E-state index in [4.69, 9.17) is 33.0 Å². The molecule has 0 rings (SSSR count). The molecule has 0 heterocycles. The summed E-state index contributed by atoms with van der Waals surface area (Å²) in [6.45, 7) is 10.3. The van der Waals surface area contributed by atoms with Gasteiger partial charge in [0, 0.05) is 5.57 Å². The Hall–Kier alpha value is -0.853. The quantitative estimate of drug-likeness (QED) is 0.229. The summed E-state index contributed by atoms with van der Waals surface area (Å²) in [5.74, 6) is -0.831. The van der Waals surface area contributed by atoms with Gasteiger partial charge in [-0.3, -0.25) is 4.89 Å². The average Bonchev–Trinajstić information content (AvgIpc) is 2.45. The summed E-state index contributed by atoms with van der Waals surface area (Å²) in [6.07, 6.45) is 0. The number of rotatable bonds is 12. The Labute approximate surface area is 118 Å². The first-order valence-electron chi connectivity index (χ1n) is 5.98. The van der Waals surface area contributed by atoms with Gasteiger partial charge in [-0.1, -0.05) is 6.58 Å². The van der Waals surface area contributed by atoms with Gasteiger partial charge < -0.3 is 0 Å². The molecule has 0 aromatic heterocycles. The molecule has 9 nitrogen and oxygen atoms in total. The fourth-order valence-electron chi connectivity index (χ4n) is 0.637. The minimum Gasteiger partial charge on any atom is -0.297 e. The van der Waals surface area contributed by atoms with Gasteiger partial charge in [-0.2, -0.15) is 13.7 Å². The zero-order chi connectivity index (χ0) is 15.4. The summed E-state index contributed by atoms with van der Waals surface area (Å²) in [6, 6.07) is 0. The lowest BCUT2D eigenvalue weighted by atomic mass is 10.4. The molecule has 0 aromatic rings. The van der Waals surface area contributed by atoms with Crippen molar-refractivity contribution in [1.29, 1.82) is 0 Å². The van der Waals surface area contributed by atoms with Crippen LogP contribution in [0.25, 0.3) is 0 Å². The maximum absolute atomic E-state index is 11.3. The Morgan fingerprint density at radius 2 is 1.30 bits per heavy atom. The summed E-state index contributed by atoms with van der Waals surface area (Å²) >= 11 is 0. The summed E-state index contributed by atoms with van der Waals surface area (Å²) in [5.41, 5.74) is 0.108. The van der Waals surface area contributed by atoms with Gasteiger partial charge in [0.1, 0.15) is 0 Å². The molecule has 0 spiro atoms. The van der Waals surface area contributed by atoms with Crippen molar-refractivity contribution >= 4 is 15.0 Å². The zero-order valence-corrected chi connectivity index (χ0v) is 13.0. The second-order valence-electron chi connectivity index (χ2n) is 3.20. The van der Waals surface area contributed by atoms with Gasteiger partial charge in [0.25, 0.3) is 0 Å². The maximum Gasteiger partial charge on any atom is 0.802 e. The van der Waals surface area contributed by atoms with E-state index in [-0.39, 0.29) is 25.4 Å². The van der Waals surface area contributed by atoms with Crippen LogP contribution in [-0.2, 0) is 42.7 Å². The molecule has 0 fully saturated rings. The van der Waals surface area contributed by atoms with E-state index < -0.39 is 15.0 Å². The first kappa shape index (κ1) is 19.1. The van der Waals surface area contributed by atoms with Crippen molar-refractivity contribution in [2.24, 2.45) is 0 Å². The molecule has 0 saturated heterocycles. The molecule has 0 N–H and O–H groups in total. The van der Waals surface area contributed by atoms with E-state index in [1.54, 1.807) is 20.8 Å². The Morgan fingerprint density at radius 3 is 1.60 bits per heavy atom. The Balaban J connectivity index is 4.73. The standard InChI is InChI=1S/C10H20O9Si/c1-6-12-16-20(17-13-7-2,18-14-8-3)19-15-10(11)9(4)5/h4,6-8H2,1-3,5H3. The summed E-state index contributed by atoms with van der Waals surface area (Å²) in [5, 5.41) is 0. The number of carbonyl (C=O) groups is 1. The largest absolute Gasteiger partial charge is 0.802 e. The lowest BCUT2D eigenvalue weighted by molar-refractivity contribution is -0.417. The SMILES string of the molecule is C=C(C)C(=O)OO[Si](OOCC)(OOCC)OOCC. The summed E-state index contributed by atoms with van der Waals surface area (Å²) in [7, 11) is -4.12. The molecule has 0 unspecified atom stereocenters. The van der Waals surface area contributed by atoms with Crippen molar-refractivity contribution in [1.82, 2.24) is 0 Å². The van der Waals surface area contributed by atoms with Crippen molar-refractivity contribution in [2.45, 2.75) is 27.7 Å². The molecular weight excluding hydrogens is 292 g/mol. The van der Waals surface area contributed by atoms with E-state index in [1.165, 1.54) is 6.92 Å². The molecule has 0 aliphatic rings. The highest BCUT2D eigenvalue weighted by atomic mass is 28.4. The highest BCUT2D eigenvalue weighted by Crippen LogP contribution is 2.15. The number of carbonyl (C=O) groups excluding carboxylic acids is 1. The normalized spacial score (nSPS) is 11.4. The van der Waals surface area contributed by atoms with Gasteiger partial charge in [-0.25, -0.2) is 19.5 Å². The third-order valence-corrected chi connectivity index (χ3v) is 2.66. The predicted octanol–water partition coefficient (Wildman–Crippen LogP) is 1.38. The van der Waals surface area contributed by atoms with Gasteiger partial charge in [-0.15, -0.1) is 4.58 Å². The van der Waals surface area contributed by atoms with Crippen molar-refractivity contribution in [3.8, 4) is 0 Å². The van der Waals surface area contributed by atoms with E-state index in [1.807, 2.05) is 0 Å². The van der Waals surface area contributed by atoms with Gasteiger partial charge in [-0.05, 0) is 27.7 Å². The molecular formula is C10H20O9Si. The van der Waals surface area contributed by atoms with Crippen LogP contribution < -0.4 is 0 Å². The van der Waals surface area contributed by atoms with Gasteiger partial charge >= 0.3 is 15.0 Å². The second kappa shape index (κ2) is 10.9. The van der Waals surface area contributed by atoms with Crippen molar-refractivity contribution in [3.05, 3.63) is 12.2 Å². The zero-order valence-electron chi connectivity index (χ0n) is 12.0. The molecule has 0 bridgehead atoms. The predicted molar refractivity (Wildman–Crippen MR) is 65.9 cm³/mol. The van der Waals surface area contributed by atoms with Gasteiger partial charge in [0.15, 0.2) is 0 Å². The fourth-order valence-corrected chi connectivity index (χ4v) is 1.77. The highest BCUT2D eigenvalue weighted by molar-refractivity contribution is 6.52. The Bertz CT molecular complexity index is 275. The second-order valence-corrected chi connectivity index (χ2v) is 4.87. The van der Waals surface area contributed by atoms with Crippen LogP contribution in [0.3, 0.4) is 0 Å². The molecule has 0 aliphatic carbocycles. The summed E-state index contributed by atoms with van der Waals surface area (Å²) < 4.78 is 19.2. The van der Waals surface area contributed by atoms with Crippen LogP contribution in [0.15, 0.2) is 12.2 Å². The molecule has 0 amide bonds. The third-order valence-electron chi connectivity index (χ3n) is 1.40. The van der Waals surface area contributed by atoms with Crippen LogP contribution in [0.4, 0.5) is 0 Å². The highest BCUT2D eigenvalue weighted by Gasteiger charge is 2.56. The molecule has 0 saturated carbocycles. The maximum atomic E-state index is 11.3. The first-order chi connectivity index (χ1) is 9.51. The van der Waals surface area contributed by atoms with Gasteiger partial charge in [0.05, 0.1) is 19.8 Å². The first-order valence-corrected chi connectivity index (χ1v) is 7.62. The third kappa shape index (κ3) is 7.67. The van der Waals surface area contributed by atoms with Crippen LogP contribution in [0, 0.1) is 0 Å². The molecule has 10 heteroatoms. The topological polar surface area (TPSA) is 90.9 Å². The molecule has 0 radical (unpaired) electrons. The molecule has 0 atom stereocenters. The smallest absolute Gasteiger partial charge is 0.297 e. The minimum absolute atomic E-state index is 0.108. The molecule has 0 aromatic carbocycles. The van der Waals surface area contributed by atoms with Gasteiger partial charge in [0.2, 0.25) is 0 Å². The van der Waals surface area contributed by atoms with Crippen molar-refractivity contribution in [3.63, 3.8) is 0 Å². The van der Waals surface area contributed by atoms with E-state index in [2.05, 4.69) is 11.5 Å². The molecule has 20 heavy (non-hydrogen) atoms. The molecule has 0 aliphatic heterocycles. The van der Waals surface area contributed by atoms with E-state index >= 15 is 0 Å². The van der Waals surface area contributed by atoms with Crippen molar-refractivity contribution in [2.75, 3.05) is 19.8 Å². The lowest BCUT2D eigenvalue weighted by Crippen LogP contribution is -2.49. The van der Waals surface area contributed by atoms with E-state index in [0.29, 0.717) is 0 Å². The van der Waals surface area contributed by atoms with Crippen LogP contribution in [0.5, 0.6) is 0 Å². The van der Waals surface area contributed by atoms with Crippen LogP contribution in [0.1, 0.15) is 27.7 Å². The lowest BCUT2D eigenvalue weighted by Gasteiger charge is -2.22. The Kier molecular flexibility index (Phi) is 10.4. The fraction of sp³-hybridized carbons (Fsp3) is 0.700. The number of hydrogen-bond donors (Lipinski definition) is 0. The molecule has 118 valence electrons. The Morgan fingerprint density at radius 1 is 0.900 bits per heavy atom. The van der Waals surface area contributed by atoms with Crippen LogP contribution in [0.2, 0.25) is 0 Å². The van der Waals surface area contributed by atoms with Crippen LogP contribution >= 0.6 is 0 Å². The summed E-state index contributed by atoms with van der Waals surface area (Å²) in [4.78, 5) is 29.9. The van der Waals surface area contributed by atoms with E-state index in [0.717, 1.165) is 0 Å². The number of hydrogen-bond acceptors (Lipinski definition) is 9. The monoisotopic (exact) mass is 312 g/mol. The minimum atomic E-state index is -4.12. The van der Waals surface area contributed by atoms with Crippen molar-refractivity contribution < 1.29 is 42.7 Å².